The van der Waals surface area contributed by atoms with E-state index in [0.717, 1.165) is 36.2 Å². The molecule has 0 radical (unpaired) electrons. The van der Waals surface area contributed by atoms with Gasteiger partial charge in [-0.2, -0.15) is 16.7 Å². The van der Waals surface area contributed by atoms with E-state index in [4.69, 9.17) is 0 Å². The third-order valence-electron chi connectivity index (χ3n) is 2.52. The van der Waals surface area contributed by atoms with Crippen LogP contribution in [-0.4, -0.2) is 34.6 Å². The van der Waals surface area contributed by atoms with E-state index in [1.54, 1.807) is 6.20 Å². The zero-order valence-corrected chi connectivity index (χ0v) is 13.6. The number of hydrogen-bond acceptors (Lipinski definition) is 5. The molecule has 0 amide bonds. The number of aromatic nitrogens is 2. The molecule has 0 bridgehead atoms. The van der Waals surface area contributed by atoms with Gasteiger partial charge in [0.2, 0.25) is 5.95 Å². The van der Waals surface area contributed by atoms with E-state index in [1.165, 1.54) is 0 Å². The predicted molar refractivity (Wildman–Crippen MR) is 84.6 cm³/mol. The largest absolute Gasteiger partial charge is 0.369 e. The fraction of sp³-hybridized carbons (Fsp3) is 0.667. The van der Waals surface area contributed by atoms with Gasteiger partial charge < -0.3 is 10.6 Å². The minimum absolute atomic E-state index is 0.663. The zero-order valence-electron chi connectivity index (χ0n) is 11.2. The van der Waals surface area contributed by atoms with Crippen molar-refractivity contribution in [3.05, 3.63) is 10.7 Å². The average molecular weight is 333 g/mol. The summed E-state index contributed by atoms with van der Waals surface area (Å²) in [5.41, 5.74) is 0. The first-order valence-corrected chi connectivity index (χ1v) is 8.28. The van der Waals surface area contributed by atoms with Crippen molar-refractivity contribution in [2.75, 3.05) is 30.0 Å². The molecule has 2 N–H and O–H groups in total. The molecule has 1 atom stereocenters. The van der Waals surface area contributed by atoms with Crippen LogP contribution in [0.15, 0.2) is 10.7 Å². The molecular weight excluding hydrogens is 312 g/mol. The molecule has 1 unspecified atom stereocenters. The summed E-state index contributed by atoms with van der Waals surface area (Å²) in [5.74, 6) is 1.54. The number of nitrogens with one attached hydrogen (secondary N) is 2. The van der Waals surface area contributed by atoms with Gasteiger partial charge in [0.25, 0.3) is 0 Å². The monoisotopic (exact) mass is 332 g/mol. The van der Waals surface area contributed by atoms with Crippen molar-refractivity contribution in [2.45, 2.75) is 31.9 Å². The number of hydrogen-bond donors (Lipinski definition) is 2. The molecule has 0 aliphatic rings. The number of halogens is 1. The van der Waals surface area contributed by atoms with Crippen LogP contribution in [0.5, 0.6) is 0 Å². The second-order valence-electron chi connectivity index (χ2n) is 4.08. The fourth-order valence-corrected chi connectivity index (χ4v) is 2.01. The molecule has 1 rings (SSSR count). The van der Waals surface area contributed by atoms with Gasteiger partial charge in [-0.05, 0) is 35.0 Å². The van der Waals surface area contributed by atoms with Crippen LogP contribution in [0.25, 0.3) is 0 Å². The molecule has 0 spiro atoms. The fourth-order valence-electron chi connectivity index (χ4n) is 1.32. The highest BCUT2D eigenvalue weighted by molar-refractivity contribution is 9.10. The van der Waals surface area contributed by atoms with Crippen molar-refractivity contribution in [3.63, 3.8) is 0 Å². The molecule has 6 heteroatoms. The van der Waals surface area contributed by atoms with E-state index in [2.05, 4.69) is 56.6 Å². The van der Waals surface area contributed by atoms with Crippen molar-refractivity contribution in [1.29, 1.82) is 0 Å². The Labute approximate surface area is 122 Å². The summed E-state index contributed by atoms with van der Waals surface area (Å²) in [6, 6.07) is 0. The van der Waals surface area contributed by atoms with Crippen LogP contribution in [-0.2, 0) is 0 Å². The molecule has 1 heterocycles. The van der Waals surface area contributed by atoms with Gasteiger partial charge in [0.05, 0.1) is 4.47 Å². The maximum atomic E-state index is 4.45. The molecule has 102 valence electrons. The van der Waals surface area contributed by atoms with E-state index in [9.17, 15) is 0 Å². The molecule has 0 fully saturated rings. The third kappa shape index (κ3) is 5.44. The number of thioether (sulfide) groups is 1. The van der Waals surface area contributed by atoms with Crippen LogP contribution in [0, 0.1) is 0 Å². The topological polar surface area (TPSA) is 49.8 Å². The Morgan fingerprint density at radius 2 is 2.17 bits per heavy atom. The Bertz CT molecular complexity index is 362. The molecule has 18 heavy (non-hydrogen) atoms. The van der Waals surface area contributed by atoms with E-state index in [0.29, 0.717) is 11.2 Å². The summed E-state index contributed by atoms with van der Waals surface area (Å²) in [4.78, 5) is 8.67. The van der Waals surface area contributed by atoms with Gasteiger partial charge in [-0.25, -0.2) is 4.98 Å². The Morgan fingerprint density at radius 3 is 2.83 bits per heavy atom. The first-order chi connectivity index (χ1) is 8.67. The SMILES string of the molecule is CCCNc1ncc(Br)c(NCCC(C)SC)n1. The van der Waals surface area contributed by atoms with Crippen molar-refractivity contribution in [1.82, 2.24) is 9.97 Å². The summed E-state index contributed by atoms with van der Waals surface area (Å²) >= 11 is 5.34. The van der Waals surface area contributed by atoms with Crippen LogP contribution in [0.4, 0.5) is 11.8 Å². The molecule has 1 aromatic rings. The second-order valence-corrected chi connectivity index (χ2v) is 6.21. The zero-order chi connectivity index (χ0) is 13.4. The highest BCUT2D eigenvalue weighted by Crippen LogP contribution is 2.20. The second kappa shape index (κ2) is 8.58. The van der Waals surface area contributed by atoms with E-state index in [-0.39, 0.29) is 0 Å². The summed E-state index contributed by atoms with van der Waals surface area (Å²) < 4.78 is 0.904. The molecular formula is C12H21BrN4S. The van der Waals surface area contributed by atoms with Crippen molar-refractivity contribution in [3.8, 4) is 0 Å². The van der Waals surface area contributed by atoms with Crippen LogP contribution in [0.2, 0.25) is 0 Å². The van der Waals surface area contributed by atoms with Crippen LogP contribution < -0.4 is 10.6 Å². The number of anilines is 2. The highest BCUT2D eigenvalue weighted by atomic mass is 79.9. The molecule has 0 saturated carbocycles. The molecule has 0 aliphatic carbocycles. The predicted octanol–water partition coefficient (Wildman–Crippen LogP) is 3.61. The van der Waals surface area contributed by atoms with Gasteiger partial charge in [0.15, 0.2) is 0 Å². The summed E-state index contributed by atoms with van der Waals surface area (Å²) in [7, 11) is 0. The molecule has 1 aromatic heterocycles. The molecule has 4 nitrogen and oxygen atoms in total. The third-order valence-corrected chi connectivity index (χ3v) is 4.14. The molecule has 0 saturated heterocycles. The van der Waals surface area contributed by atoms with Gasteiger partial charge in [-0.15, -0.1) is 0 Å². The lowest BCUT2D eigenvalue weighted by Gasteiger charge is -2.11. The maximum Gasteiger partial charge on any atom is 0.224 e. The van der Waals surface area contributed by atoms with Gasteiger partial charge in [-0.1, -0.05) is 13.8 Å². The van der Waals surface area contributed by atoms with E-state index >= 15 is 0 Å². The summed E-state index contributed by atoms with van der Waals surface area (Å²) in [6.45, 7) is 6.17. The number of rotatable bonds is 8. The van der Waals surface area contributed by atoms with Gasteiger partial charge >= 0.3 is 0 Å². The van der Waals surface area contributed by atoms with Crippen LogP contribution in [0.3, 0.4) is 0 Å². The van der Waals surface area contributed by atoms with Gasteiger partial charge in [0.1, 0.15) is 5.82 Å². The minimum atomic E-state index is 0.663. The molecule has 0 aromatic carbocycles. The summed E-state index contributed by atoms with van der Waals surface area (Å²) in [6.07, 6.45) is 6.10. The quantitative estimate of drug-likeness (QED) is 0.761. The van der Waals surface area contributed by atoms with Crippen LogP contribution in [0.1, 0.15) is 26.7 Å². The maximum absolute atomic E-state index is 4.45. The van der Waals surface area contributed by atoms with E-state index < -0.39 is 0 Å². The van der Waals surface area contributed by atoms with Crippen LogP contribution >= 0.6 is 27.7 Å². The lowest BCUT2D eigenvalue weighted by molar-refractivity contribution is 0.847. The Morgan fingerprint density at radius 1 is 1.39 bits per heavy atom. The van der Waals surface area contributed by atoms with Gasteiger partial charge in [0, 0.05) is 24.5 Å². The lowest BCUT2D eigenvalue weighted by atomic mass is 10.3. The Kier molecular flexibility index (Phi) is 7.42. The lowest BCUT2D eigenvalue weighted by Crippen LogP contribution is -2.11. The Balaban J connectivity index is 2.52. The summed E-state index contributed by atoms with van der Waals surface area (Å²) in [5, 5.41) is 7.19. The first-order valence-electron chi connectivity index (χ1n) is 6.20. The normalized spacial score (nSPS) is 12.2. The van der Waals surface area contributed by atoms with Crippen molar-refractivity contribution < 1.29 is 0 Å². The highest BCUT2D eigenvalue weighted by Gasteiger charge is 2.05. The van der Waals surface area contributed by atoms with Crippen molar-refractivity contribution in [2.24, 2.45) is 0 Å². The average Bonchev–Trinajstić information content (AvgIpc) is 2.39. The Hall–Kier alpha value is -0.490. The first kappa shape index (κ1) is 15.6. The minimum Gasteiger partial charge on any atom is -0.369 e. The molecule has 0 aliphatic heterocycles. The van der Waals surface area contributed by atoms with E-state index in [1.807, 2.05) is 11.8 Å². The van der Waals surface area contributed by atoms with Gasteiger partial charge in [-0.3, -0.25) is 0 Å². The van der Waals surface area contributed by atoms with Crippen molar-refractivity contribution >= 4 is 39.5 Å². The smallest absolute Gasteiger partial charge is 0.224 e. The number of nitrogens with zero attached hydrogens (tertiary/aromatic N) is 2. The standard InChI is InChI=1S/C12H21BrN4S/c1-4-6-15-12-16-8-10(13)11(17-12)14-7-5-9(2)18-3/h8-9H,4-7H2,1-3H3,(H2,14,15,16,17).